The van der Waals surface area contributed by atoms with Gasteiger partial charge in [-0.15, -0.1) is 0 Å². The summed E-state index contributed by atoms with van der Waals surface area (Å²) in [4.78, 5) is 0.548. The standard InChI is InChI=1S/C15H14N2O2S/c1-19-13-5-6-14(17)15(8-13)20(18)10-12-4-2-3-11(7-12)9-16/h2-8H,10,17H2,1H3. The van der Waals surface area contributed by atoms with E-state index in [1.165, 1.54) is 0 Å². The van der Waals surface area contributed by atoms with Gasteiger partial charge in [-0.05, 0) is 35.9 Å². The van der Waals surface area contributed by atoms with Gasteiger partial charge in [-0.25, -0.2) is 0 Å². The molecule has 5 heteroatoms. The molecule has 0 amide bonds. The van der Waals surface area contributed by atoms with Gasteiger partial charge in [-0.3, -0.25) is 4.21 Å². The number of nitriles is 1. The summed E-state index contributed by atoms with van der Waals surface area (Å²) in [5.74, 6) is 0.931. The van der Waals surface area contributed by atoms with E-state index >= 15 is 0 Å². The average Bonchev–Trinajstić information content (AvgIpc) is 2.47. The number of hydrogen-bond acceptors (Lipinski definition) is 4. The summed E-state index contributed by atoms with van der Waals surface area (Å²) in [5.41, 5.74) is 7.72. The van der Waals surface area contributed by atoms with Gasteiger partial charge in [0.15, 0.2) is 0 Å². The first-order valence-electron chi connectivity index (χ1n) is 5.95. The molecule has 2 rings (SSSR count). The van der Waals surface area contributed by atoms with Crippen LogP contribution in [-0.4, -0.2) is 11.3 Å². The summed E-state index contributed by atoms with van der Waals surface area (Å²) >= 11 is 0. The Hall–Kier alpha value is -2.32. The molecule has 2 aromatic rings. The van der Waals surface area contributed by atoms with Crippen molar-refractivity contribution in [3.8, 4) is 11.8 Å². The van der Waals surface area contributed by atoms with E-state index in [-0.39, 0.29) is 0 Å². The zero-order valence-corrected chi connectivity index (χ0v) is 11.8. The van der Waals surface area contributed by atoms with Crippen LogP contribution in [0.15, 0.2) is 47.4 Å². The zero-order valence-electron chi connectivity index (χ0n) is 11.0. The van der Waals surface area contributed by atoms with Gasteiger partial charge < -0.3 is 10.5 Å². The number of ether oxygens (including phenoxy) is 1. The van der Waals surface area contributed by atoms with Gasteiger partial charge in [0.05, 0.1) is 40.2 Å². The topological polar surface area (TPSA) is 76.1 Å². The molecule has 102 valence electrons. The number of nitrogens with zero attached hydrogens (tertiary/aromatic N) is 1. The number of nitrogen functional groups attached to an aromatic ring is 1. The van der Waals surface area contributed by atoms with Crippen molar-refractivity contribution >= 4 is 16.5 Å². The first kappa shape index (κ1) is 14.1. The molecule has 0 spiro atoms. The minimum Gasteiger partial charge on any atom is -0.497 e. The second-order valence-electron chi connectivity index (χ2n) is 4.21. The third-order valence-corrected chi connectivity index (χ3v) is 4.26. The van der Waals surface area contributed by atoms with Crippen LogP contribution in [0.5, 0.6) is 5.75 Å². The quantitative estimate of drug-likeness (QED) is 0.876. The monoisotopic (exact) mass is 286 g/mol. The van der Waals surface area contributed by atoms with Crippen molar-refractivity contribution in [2.24, 2.45) is 0 Å². The third-order valence-electron chi connectivity index (χ3n) is 2.82. The Morgan fingerprint density at radius 3 is 2.80 bits per heavy atom. The van der Waals surface area contributed by atoms with Crippen LogP contribution in [0.1, 0.15) is 11.1 Å². The third kappa shape index (κ3) is 3.16. The molecule has 1 atom stereocenters. The van der Waals surface area contributed by atoms with Gasteiger partial charge in [0, 0.05) is 5.69 Å². The second-order valence-corrected chi connectivity index (χ2v) is 5.63. The minimum atomic E-state index is -1.28. The summed E-state index contributed by atoms with van der Waals surface area (Å²) < 4.78 is 17.5. The molecule has 0 aliphatic heterocycles. The van der Waals surface area contributed by atoms with Gasteiger partial charge in [0.2, 0.25) is 0 Å². The fourth-order valence-electron chi connectivity index (χ4n) is 1.80. The van der Waals surface area contributed by atoms with Crippen LogP contribution in [-0.2, 0) is 16.6 Å². The summed E-state index contributed by atoms with van der Waals surface area (Å²) in [6.45, 7) is 0. The van der Waals surface area contributed by atoms with Gasteiger partial charge in [0.1, 0.15) is 5.75 Å². The Kier molecular flexibility index (Phi) is 4.38. The van der Waals surface area contributed by atoms with Crippen LogP contribution in [0.3, 0.4) is 0 Å². The van der Waals surface area contributed by atoms with Gasteiger partial charge >= 0.3 is 0 Å². The highest BCUT2D eigenvalue weighted by molar-refractivity contribution is 7.84. The number of rotatable bonds is 4. The number of methoxy groups -OCH3 is 1. The molecule has 0 saturated carbocycles. The van der Waals surface area contributed by atoms with Crippen LogP contribution in [0.25, 0.3) is 0 Å². The Balaban J connectivity index is 2.26. The maximum absolute atomic E-state index is 12.4. The predicted octanol–water partition coefficient (Wildman–Crippen LogP) is 2.46. The number of benzene rings is 2. The Morgan fingerprint density at radius 2 is 2.10 bits per heavy atom. The molecule has 2 aromatic carbocycles. The molecule has 20 heavy (non-hydrogen) atoms. The lowest BCUT2D eigenvalue weighted by atomic mass is 10.2. The Labute approximate surface area is 120 Å². The van der Waals surface area contributed by atoms with Crippen LogP contribution in [0, 0.1) is 11.3 Å². The lowest BCUT2D eigenvalue weighted by Crippen LogP contribution is -2.01. The maximum atomic E-state index is 12.4. The Morgan fingerprint density at radius 1 is 1.30 bits per heavy atom. The van der Waals surface area contributed by atoms with E-state index in [2.05, 4.69) is 6.07 Å². The van der Waals surface area contributed by atoms with Crippen molar-refractivity contribution in [2.75, 3.05) is 12.8 Å². The molecule has 2 N–H and O–H groups in total. The number of nitrogens with two attached hydrogens (primary N) is 1. The van der Waals surface area contributed by atoms with E-state index in [4.69, 9.17) is 15.7 Å². The highest BCUT2D eigenvalue weighted by Crippen LogP contribution is 2.24. The summed E-state index contributed by atoms with van der Waals surface area (Å²) in [5, 5.41) is 8.86. The first-order chi connectivity index (χ1) is 9.63. The van der Waals surface area contributed by atoms with E-state index in [0.29, 0.717) is 27.6 Å². The van der Waals surface area contributed by atoms with Crippen molar-refractivity contribution in [1.82, 2.24) is 0 Å². The molecule has 0 fully saturated rings. The van der Waals surface area contributed by atoms with Crippen LogP contribution >= 0.6 is 0 Å². The molecule has 0 aromatic heterocycles. The smallest absolute Gasteiger partial charge is 0.120 e. The Bertz CT molecular complexity index is 693. The summed E-state index contributed by atoms with van der Waals surface area (Å²) in [6.07, 6.45) is 0. The van der Waals surface area contributed by atoms with E-state index < -0.39 is 10.8 Å². The normalized spacial score (nSPS) is 11.6. The predicted molar refractivity (Wildman–Crippen MR) is 78.7 cm³/mol. The highest BCUT2D eigenvalue weighted by Gasteiger charge is 2.10. The molecule has 0 aliphatic carbocycles. The van der Waals surface area contributed by atoms with Crippen molar-refractivity contribution < 1.29 is 8.95 Å². The first-order valence-corrected chi connectivity index (χ1v) is 7.27. The van der Waals surface area contributed by atoms with Gasteiger partial charge in [0.25, 0.3) is 0 Å². The SMILES string of the molecule is COc1ccc(N)c(S(=O)Cc2cccc(C#N)c2)c1. The van der Waals surface area contributed by atoms with Crippen LogP contribution in [0.4, 0.5) is 5.69 Å². The largest absolute Gasteiger partial charge is 0.497 e. The molecule has 4 nitrogen and oxygen atoms in total. The number of anilines is 1. The second kappa shape index (κ2) is 6.22. The summed E-state index contributed by atoms with van der Waals surface area (Å²) in [6, 6.07) is 14.2. The van der Waals surface area contributed by atoms with Crippen molar-refractivity contribution in [1.29, 1.82) is 5.26 Å². The van der Waals surface area contributed by atoms with Crippen molar-refractivity contribution in [3.63, 3.8) is 0 Å². The van der Waals surface area contributed by atoms with E-state index in [9.17, 15) is 4.21 Å². The lowest BCUT2D eigenvalue weighted by molar-refractivity contribution is 0.413. The zero-order chi connectivity index (χ0) is 14.5. The lowest BCUT2D eigenvalue weighted by Gasteiger charge is -2.08. The van der Waals surface area contributed by atoms with Crippen LogP contribution in [0.2, 0.25) is 0 Å². The van der Waals surface area contributed by atoms with Crippen molar-refractivity contribution in [2.45, 2.75) is 10.6 Å². The van der Waals surface area contributed by atoms with E-state index in [0.717, 1.165) is 5.56 Å². The average molecular weight is 286 g/mol. The number of hydrogen-bond donors (Lipinski definition) is 1. The van der Waals surface area contributed by atoms with Crippen molar-refractivity contribution in [3.05, 3.63) is 53.6 Å². The fraction of sp³-hybridized carbons (Fsp3) is 0.133. The van der Waals surface area contributed by atoms with E-state index in [1.54, 1.807) is 43.5 Å². The maximum Gasteiger partial charge on any atom is 0.120 e. The molecule has 1 unspecified atom stereocenters. The van der Waals surface area contributed by atoms with Crippen LogP contribution < -0.4 is 10.5 Å². The van der Waals surface area contributed by atoms with Gasteiger partial charge in [-0.2, -0.15) is 5.26 Å². The molecular formula is C15H14N2O2S. The minimum absolute atomic E-state index is 0.312. The summed E-state index contributed by atoms with van der Waals surface area (Å²) in [7, 11) is 0.268. The molecule has 0 radical (unpaired) electrons. The molecule has 0 bridgehead atoms. The van der Waals surface area contributed by atoms with E-state index in [1.807, 2.05) is 6.07 Å². The molecular weight excluding hydrogens is 272 g/mol. The molecule has 0 heterocycles. The fourth-order valence-corrected chi connectivity index (χ4v) is 3.01. The van der Waals surface area contributed by atoms with Gasteiger partial charge in [-0.1, -0.05) is 12.1 Å². The molecule has 0 aliphatic rings. The highest BCUT2D eigenvalue weighted by atomic mass is 32.2. The molecule has 0 saturated heterocycles.